The number of amides is 4. The SMILES string of the molecule is NC(=O)n1cc(NC(=O)N2[C@@H]3C[C@@H]3C[C@H]2C(=O)NC2CCCC(OCC(F)(F)F)C2)c2ccccc21. The van der Waals surface area contributed by atoms with Crippen molar-refractivity contribution in [3.8, 4) is 0 Å². The summed E-state index contributed by atoms with van der Waals surface area (Å²) >= 11 is 0. The van der Waals surface area contributed by atoms with E-state index in [2.05, 4.69) is 10.6 Å². The van der Waals surface area contributed by atoms with Gasteiger partial charge in [-0.05, 0) is 50.5 Å². The van der Waals surface area contributed by atoms with E-state index < -0.39 is 37.0 Å². The Kier molecular flexibility index (Phi) is 6.31. The number of hydrogen-bond donors (Lipinski definition) is 3. The molecule has 0 radical (unpaired) electrons. The Balaban J connectivity index is 1.25. The Labute approximate surface area is 205 Å². The number of nitrogens with zero attached hydrogens (tertiary/aromatic N) is 2. The van der Waals surface area contributed by atoms with Gasteiger partial charge in [-0.25, -0.2) is 9.59 Å². The Hall–Kier alpha value is -3.28. The molecule has 0 bridgehead atoms. The van der Waals surface area contributed by atoms with Gasteiger partial charge in [0.05, 0.1) is 17.3 Å². The number of carbonyl (C=O) groups is 3. The van der Waals surface area contributed by atoms with Crippen LogP contribution >= 0.6 is 0 Å². The maximum atomic E-state index is 13.3. The number of carbonyl (C=O) groups excluding carboxylic acids is 3. The number of alkyl halides is 3. The molecule has 5 atom stereocenters. The minimum Gasteiger partial charge on any atom is -0.369 e. The Morgan fingerprint density at radius 1 is 1.11 bits per heavy atom. The molecule has 2 aliphatic carbocycles. The lowest BCUT2D eigenvalue weighted by atomic mass is 9.92. The molecule has 4 amide bonds. The summed E-state index contributed by atoms with van der Waals surface area (Å²) in [6, 6.07) is 4.87. The van der Waals surface area contributed by atoms with E-state index in [1.54, 1.807) is 29.2 Å². The van der Waals surface area contributed by atoms with Gasteiger partial charge in [0.15, 0.2) is 0 Å². The zero-order valence-corrected chi connectivity index (χ0v) is 19.5. The number of aromatic nitrogens is 1. The third-order valence-corrected chi connectivity index (χ3v) is 7.29. The highest BCUT2D eigenvalue weighted by Crippen LogP contribution is 2.48. The van der Waals surface area contributed by atoms with Crippen LogP contribution in [0.3, 0.4) is 0 Å². The van der Waals surface area contributed by atoms with Crippen molar-refractivity contribution in [2.24, 2.45) is 11.7 Å². The first-order chi connectivity index (χ1) is 17.1. The topological polar surface area (TPSA) is 119 Å². The molecule has 2 heterocycles. The van der Waals surface area contributed by atoms with Gasteiger partial charge < -0.3 is 26.0 Å². The number of benzene rings is 1. The predicted molar refractivity (Wildman–Crippen MR) is 124 cm³/mol. The monoisotopic (exact) mass is 507 g/mol. The Morgan fingerprint density at radius 2 is 1.89 bits per heavy atom. The van der Waals surface area contributed by atoms with Crippen molar-refractivity contribution in [2.45, 2.75) is 68.9 Å². The van der Waals surface area contributed by atoms with Gasteiger partial charge in [0.1, 0.15) is 12.6 Å². The van der Waals surface area contributed by atoms with Crippen molar-refractivity contribution in [1.29, 1.82) is 0 Å². The summed E-state index contributed by atoms with van der Waals surface area (Å²) in [5.74, 6) is -0.0638. The van der Waals surface area contributed by atoms with Crippen LogP contribution in [0, 0.1) is 5.92 Å². The number of nitrogens with two attached hydrogens (primary N) is 1. The molecule has 1 aliphatic heterocycles. The third kappa shape index (κ3) is 4.99. The molecular weight excluding hydrogens is 479 g/mol. The first-order valence-electron chi connectivity index (χ1n) is 12.1. The summed E-state index contributed by atoms with van der Waals surface area (Å²) in [5.41, 5.74) is 6.43. The molecule has 2 unspecified atom stereocenters. The van der Waals surface area contributed by atoms with Gasteiger partial charge in [-0.2, -0.15) is 13.2 Å². The number of urea groups is 1. The van der Waals surface area contributed by atoms with Gasteiger partial charge in [0.25, 0.3) is 0 Å². The minimum absolute atomic E-state index is 0.0422. The standard InChI is InChI=1S/C24H28F3N5O4/c25-24(26,27)12-36-15-5-3-4-14(10-15)29-21(33)20-9-13-8-19(13)32(20)23(35)30-17-11-31(22(28)34)18-7-2-1-6-16(17)18/h1-2,6-7,11,13-15,19-20H,3-5,8-10,12H2,(H2,28,34)(H,29,33)(H,30,35)/t13-,14?,15?,19-,20+/m1/s1. The smallest absolute Gasteiger partial charge is 0.369 e. The summed E-state index contributed by atoms with van der Waals surface area (Å²) in [7, 11) is 0. The number of primary amides is 1. The molecule has 1 aromatic carbocycles. The number of fused-ring (bicyclic) bond motifs is 2. The fourth-order valence-corrected chi connectivity index (χ4v) is 5.56. The molecule has 1 saturated heterocycles. The molecule has 3 aliphatic rings. The van der Waals surface area contributed by atoms with Crippen LogP contribution < -0.4 is 16.4 Å². The Morgan fingerprint density at radius 3 is 2.64 bits per heavy atom. The molecule has 5 rings (SSSR count). The van der Waals surface area contributed by atoms with E-state index in [-0.39, 0.29) is 23.9 Å². The molecule has 3 fully saturated rings. The highest BCUT2D eigenvalue weighted by atomic mass is 19.4. The summed E-state index contributed by atoms with van der Waals surface area (Å²) in [4.78, 5) is 39.8. The molecule has 0 spiro atoms. The number of hydrogen-bond acceptors (Lipinski definition) is 4. The Bertz CT molecular complexity index is 1180. The van der Waals surface area contributed by atoms with Crippen LogP contribution in [-0.4, -0.2) is 64.4 Å². The van der Waals surface area contributed by atoms with Crippen LogP contribution in [0.5, 0.6) is 0 Å². The number of nitrogens with one attached hydrogen (secondary N) is 2. The molecule has 1 aromatic heterocycles. The number of halogens is 3. The average Bonchev–Trinajstić information content (AvgIpc) is 3.33. The second-order valence-electron chi connectivity index (χ2n) is 9.84. The number of likely N-dealkylation sites (tertiary alicyclic amines) is 1. The average molecular weight is 508 g/mol. The second kappa shape index (κ2) is 9.30. The quantitative estimate of drug-likeness (QED) is 0.573. The van der Waals surface area contributed by atoms with Crippen LogP contribution in [0.15, 0.2) is 30.5 Å². The number of para-hydroxylation sites is 1. The summed E-state index contributed by atoms with van der Waals surface area (Å²) in [6.45, 7) is -1.30. The largest absolute Gasteiger partial charge is 0.411 e. The van der Waals surface area contributed by atoms with Gasteiger partial charge in [0.2, 0.25) is 5.91 Å². The highest BCUT2D eigenvalue weighted by molar-refractivity contribution is 6.05. The molecule has 2 saturated carbocycles. The van der Waals surface area contributed by atoms with E-state index in [1.807, 2.05) is 0 Å². The van der Waals surface area contributed by atoms with Crippen LogP contribution in [0.25, 0.3) is 10.9 Å². The van der Waals surface area contributed by atoms with Gasteiger partial charge in [0, 0.05) is 23.7 Å². The van der Waals surface area contributed by atoms with Crippen molar-refractivity contribution >= 4 is 34.6 Å². The van der Waals surface area contributed by atoms with Crippen molar-refractivity contribution in [3.63, 3.8) is 0 Å². The molecule has 4 N–H and O–H groups in total. The van der Waals surface area contributed by atoms with Gasteiger partial charge in [-0.3, -0.25) is 9.36 Å². The lowest BCUT2D eigenvalue weighted by Crippen LogP contribution is -2.52. The van der Waals surface area contributed by atoms with E-state index in [0.717, 1.165) is 6.42 Å². The number of anilines is 1. The molecule has 194 valence electrons. The van der Waals surface area contributed by atoms with E-state index >= 15 is 0 Å². The zero-order valence-electron chi connectivity index (χ0n) is 19.5. The van der Waals surface area contributed by atoms with Crippen LogP contribution in [0.1, 0.15) is 38.5 Å². The fraction of sp³-hybridized carbons (Fsp3) is 0.542. The lowest BCUT2D eigenvalue weighted by Gasteiger charge is -2.32. The summed E-state index contributed by atoms with van der Waals surface area (Å²) in [5, 5.41) is 6.42. The second-order valence-corrected chi connectivity index (χ2v) is 9.84. The number of ether oxygens (including phenoxy) is 1. The first-order valence-corrected chi connectivity index (χ1v) is 12.1. The first kappa shape index (κ1) is 24.4. The van der Waals surface area contributed by atoms with E-state index in [4.69, 9.17) is 10.5 Å². The maximum Gasteiger partial charge on any atom is 0.411 e. The lowest BCUT2D eigenvalue weighted by molar-refractivity contribution is -0.188. The zero-order chi connectivity index (χ0) is 25.6. The van der Waals surface area contributed by atoms with E-state index in [1.165, 1.54) is 10.8 Å². The van der Waals surface area contributed by atoms with Crippen molar-refractivity contribution in [1.82, 2.24) is 14.8 Å². The number of piperidine rings is 1. The fourth-order valence-electron chi connectivity index (χ4n) is 5.56. The highest BCUT2D eigenvalue weighted by Gasteiger charge is 2.56. The van der Waals surface area contributed by atoms with E-state index in [0.29, 0.717) is 48.7 Å². The van der Waals surface area contributed by atoms with Crippen molar-refractivity contribution < 1.29 is 32.3 Å². The maximum absolute atomic E-state index is 13.3. The molecule has 9 nitrogen and oxygen atoms in total. The van der Waals surface area contributed by atoms with Crippen LogP contribution in [-0.2, 0) is 9.53 Å². The van der Waals surface area contributed by atoms with Crippen molar-refractivity contribution in [3.05, 3.63) is 30.5 Å². The van der Waals surface area contributed by atoms with E-state index in [9.17, 15) is 27.6 Å². The summed E-state index contributed by atoms with van der Waals surface area (Å²) in [6.07, 6.45) is -0.0194. The molecular formula is C24H28F3N5O4. The van der Waals surface area contributed by atoms with Crippen molar-refractivity contribution in [2.75, 3.05) is 11.9 Å². The summed E-state index contributed by atoms with van der Waals surface area (Å²) < 4.78 is 43.8. The minimum atomic E-state index is -4.39. The number of rotatable bonds is 5. The van der Waals surface area contributed by atoms with Gasteiger partial charge >= 0.3 is 18.2 Å². The van der Waals surface area contributed by atoms with Gasteiger partial charge in [-0.15, -0.1) is 0 Å². The molecule has 36 heavy (non-hydrogen) atoms. The van der Waals surface area contributed by atoms with Crippen LogP contribution in [0.4, 0.5) is 28.4 Å². The molecule has 12 heteroatoms. The molecule has 2 aromatic rings. The van der Waals surface area contributed by atoms with Crippen LogP contribution in [0.2, 0.25) is 0 Å². The van der Waals surface area contributed by atoms with Gasteiger partial charge in [-0.1, -0.05) is 18.2 Å². The third-order valence-electron chi connectivity index (χ3n) is 7.29. The predicted octanol–water partition coefficient (Wildman–Crippen LogP) is 3.57. The normalized spacial score (nSPS) is 27.5.